The summed E-state index contributed by atoms with van der Waals surface area (Å²) in [5.41, 5.74) is 5.10. The molecule has 244 valence electrons. The quantitative estimate of drug-likeness (QED) is 0.0692. The highest BCUT2D eigenvalue weighted by Crippen LogP contribution is 2.36. The highest BCUT2D eigenvalue weighted by atomic mass is 35.5. The van der Waals surface area contributed by atoms with Gasteiger partial charge in [-0.25, -0.2) is 9.59 Å². The number of urea groups is 1. The molecule has 1 aliphatic rings. The Balaban J connectivity index is 1.37. The van der Waals surface area contributed by atoms with E-state index >= 15 is 0 Å². The maximum absolute atomic E-state index is 12.4. The molecule has 46 heavy (non-hydrogen) atoms. The minimum Gasteiger partial charge on any atom is -0.490 e. The molecule has 0 unspecified atom stereocenters. The van der Waals surface area contributed by atoms with Crippen LogP contribution in [0, 0.1) is 0 Å². The lowest BCUT2D eigenvalue weighted by Crippen LogP contribution is -2.45. The van der Waals surface area contributed by atoms with E-state index in [0.29, 0.717) is 50.7 Å². The lowest BCUT2D eigenvalue weighted by molar-refractivity contribution is -0.136. The van der Waals surface area contributed by atoms with Crippen LogP contribution in [0.25, 0.3) is 0 Å². The number of benzene rings is 3. The molecule has 3 aromatic carbocycles. The number of carbonyl (C=O) groups excluding carboxylic acids is 2. The maximum Gasteiger partial charge on any atom is 0.337 e. The predicted molar refractivity (Wildman–Crippen MR) is 176 cm³/mol. The van der Waals surface area contributed by atoms with Gasteiger partial charge in [0.2, 0.25) is 0 Å². The molecule has 11 nitrogen and oxygen atoms in total. The van der Waals surface area contributed by atoms with E-state index in [1.54, 1.807) is 62.4 Å². The van der Waals surface area contributed by atoms with Gasteiger partial charge in [0.25, 0.3) is 0 Å². The molecule has 4 rings (SSSR count). The van der Waals surface area contributed by atoms with Gasteiger partial charge in [0.15, 0.2) is 23.5 Å². The molecule has 1 heterocycles. The van der Waals surface area contributed by atoms with Crippen LogP contribution in [0.4, 0.5) is 4.79 Å². The van der Waals surface area contributed by atoms with Crippen molar-refractivity contribution in [3.63, 3.8) is 0 Å². The Kier molecular flexibility index (Phi) is 12.3. The Bertz CT molecular complexity index is 1640. The van der Waals surface area contributed by atoms with Crippen LogP contribution < -0.4 is 30.3 Å². The molecule has 0 radical (unpaired) electrons. The van der Waals surface area contributed by atoms with Crippen LogP contribution in [-0.2, 0) is 16.1 Å². The first-order valence-electron chi connectivity index (χ1n) is 13.8. The van der Waals surface area contributed by atoms with Crippen molar-refractivity contribution in [1.29, 1.82) is 0 Å². The zero-order valence-electron chi connectivity index (χ0n) is 24.8. The number of halogens is 4. The van der Waals surface area contributed by atoms with E-state index < -0.39 is 24.3 Å². The van der Waals surface area contributed by atoms with Crippen LogP contribution in [0.15, 0.2) is 64.9 Å². The fourth-order valence-electron chi connectivity index (χ4n) is 4.40. The van der Waals surface area contributed by atoms with Crippen molar-refractivity contribution in [2.45, 2.75) is 32.7 Å². The number of hydrogen-bond acceptors (Lipinski definition) is 9. The third-order valence-electron chi connectivity index (χ3n) is 6.50. The molecular formula is C31H30Cl4N4O7. The van der Waals surface area contributed by atoms with Gasteiger partial charge >= 0.3 is 12.0 Å². The second-order valence-corrected chi connectivity index (χ2v) is 11.4. The number of aliphatic hydroxyl groups is 1. The number of esters is 1. The zero-order chi connectivity index (χ0) is 33.4. The largest absolute Gasteiger partial charge is 0.490 e. The molecule has 0 saturated carbocycles. The van der Waals surface area contributed by atoms with Gasteiger partial charge in [-0.3, -0.25) is 5.43 Å². The third-order valence-corrected chi connectivity index (χ3v) is 7.80. The van der Waals surface area contributed by atoms with Crippen molar-refractivity contribution in [3.8, 4) is 17.2 Å². The highest BCUT2D eigenvalue weighted by molar-refractivity contribution is 6.42. The van der Waals surface area contributed by atoms with E-state index in [2.05, 4.69) is 21.2 Å². The molecule has 2 amide bonds. The summed E-state index contributed by atoms with van der Waals surface area (Å²) >= 11 is 24.8. The SMILES string of the molecule is CCOc1cc([C@@H]2NC(=O)NC(C)=C2C(=O)OC)ccc1OC[C@@H](O)N/N=C\c1cc(Cl)c(OCc2ccc(Cl)c(Cl)c2)c(Cl)c1. The molecule has 0 aliphatic carbocycles. The molecule has 2 atom stereocenters. The first-order chi connectivity index (χ1) is 22.0. The van der Waals surface area contributed by atoms with Crippen molar-refractivity contribution in [2.24, 2.45) is 5.10 Å². The van der Waals surface area contributed by atoms with Gasteiger partial charge < -0.3 is 34.7 Å². The summed E-state index contributed by atoms with van der Waals surface area (Å²) in [5, 5.41) is 21.1. The number of amides is 2. The molecule has 0 spiro atoms. The molecular weight excluding hydrogens is 682 g/mol. The number of carbonyl (C=O) groups is 2. The number of ether oxygens (including phenoxy) is 4. The van der Waals surface area contributed by atoms with Crippen LogP contribution >= 0.6 is 46.4 Å². The van der Waals surface area contributed by atoms with E-state index in [9.17, 15) is 14.7 Å². The normalized spacial score (nSPS) is 15.2. The lowest BCUT2D eigenvalue weighted by atomic mass is 9.95. The number of nitrogens with one attached hydrogen (secondary N) is 3. The van der Waals surface area contributed by atoms with Crippen LogP contribution in [0.5, 0.6) is 17.2 Å². The summed E-state index contributed by atoms with van der Waals surface area (Å²) in [4.78, 5) is 24.6. The van der Waals surface area contributed by atoms with Gasteiger partial charge in [-0.05, 0) is 66.9 Å². The van der Waals surface area contributed by atoms with Crippen LogP contribution in [0.1, 0.15) is 36.6 Å². The van der Waals surface area contributed by atoms with E-state index in [-0.39, 0.29) is 28.8 Å². The summed E-state index contributed by atoms with van der Waals surface area (Å²) in [7, 11) is 1.26. The Morgan fingerprint density at radius 3 is 2.41 bits per heavy atom. The summed E-state index contributed by atoms with van der Waals surface area (Å²) in [6.07, 6.45) is 0.219. The van der Waals surface area contributed by atoms with Crippen molar-refractivity contribution < 1.29 is 33.6 Å². The Hall–Kier alpha value is -3.87. The zero-order valence-corrected chi connectivity index (χ0v) is 27.9. The minimum absolute atomic E-state index is 0.172. The van der Waals surface area contributed by atoms with E-state index in [4.69, 9.17) is 65.4 Å². The Morgan fingerprint density at radius 2 is 1.74 bits per heavy atom. The Morgan fingerprint density at radius 1 is 1.00 bits per heavy atom. The molecule has 0 aromatic heterocycles. The molecule has 4 N–H and O–H groups in total. The van der Waals surface area contributed by atoms with Crippen LogP contribution in [0.3, 0.4) is 0 Å². The van der Waals surface area contributed by atoms with Gasteiger partial charge in [0.05, 0.1) is 51.6 Å². The average Bonchev–Trinajstić information content (AvgIpc) is 3.01. The van der Waals surface area contributed by atoms with Gasteiger partial charge in [0.1, 0.15) is 13.2 Å². The van der Waals surface area contributed by atoms with E-state index in [1.165, 1.54) is 13.3 Å². The second-order valence-electron chi connectivity index (χ2n) is 9.77. The third kappa shape index (κ3) is 8.89. The van der Waals surface area contributed by atoms with Gasteiger partial charge in [-0.1, -0.05) is 58.5 Å². The first kappa shape index (κ1) is 35.0. The number of hydrazone groups is 1. The fourth-order valence-corrected chi connectivity index (χ4v) is 5.33. The van der Waals surface area contributed by atoms with Gasteiger partial charge in [-0.2, -0.15) is 5.10 Å². The van der Waals surface area contributed by atoms with Crippen LogP contribution in [-0.4, -0.2) is 49.9 Å². The molecule has 0 fully saturated rings. The maximum atomic E-state index is 12.4. The summed E-state index contributed by atoms with van der Waals surface area (Å²) in [6, 6.07) is 12.1. The molecule has 0 bridgehead atoms. The molecule has 0 saturated heterocycles. The fraction of sp³-hybridized carbons (Fsp3) is 0.258. The van der Waals surface area contributed by atoms with Crippen molar-refractivity contribution >= 4 is 64.6 Å². The summed E-state index contributed by atoms with van der Waals surface area (Å²) in [6.45, 7) is 3.70. The smallest absolute Gasteiger partial charge is 0.337 e. The average molecular weight is 712 g/mol. The monoisotopic (exact) mass is 710 g/mol. The number of hydrogen-bond donors (Lipinski definition) is 4. The van der Waals surface area contributed by atoms with Crippen molar-refractivity contribution in [2.75, 3.05) is 20.3 Å². The Labute approximate surface area is 285 Å². The topological polar surface area (TPSA) is 140 Å². The number of aliphatic hydroxyl groups excluding tert-OH is 1. The summed E-state index contributed by atoms with van der Waals surface area (Å²) < 4.78 is 22.2. The first-order valence-corrected chi connectivity index (χ1v) is 15.3. The molecule has 1 aliphatic heterocycles. The van der Waals surface area contributed by atoms with Crippen LogP contribution in [0.2, 0.25) is 20.1 Å². The number of methoxy groups -OCH3 is 1. The van der Waals surface area contributed by atoms with Gasteiger partial charge in [-0.15, -0.1) is 0 Å². The lowest BCUT2D eigenvalue weighted by Gasteiger charge is -2.28. The number of rotatable bonds is 13. The van der Waals surface area contributed by atoms with Gasteiger partial charge in [0, 0.05) is 5.70 Å². The molecule has 3 aromatic rings. The number of allylic oxidation sites excluding steroid dienone is 1. The summed E-state index contributed by atoms with van der Waals surface area (Å²) in [5.74, 6) is 0.373. The van der Waals surface area contributed by atoms with Crippen molar-refractivity contribution in [3.05, 3.63) is 96.6 Å². The van der Waals surface area contributed by atoms with E-state index in [0.717, 1.165) is 5.56 Å². The standard InChI is InChI=1S/C31H30Cl4N4O7/c1-4-44-25-12-19(28-27(30(41)43-3)16(2)37-31(42)38-28)6-8-24(25)45-15-26(40)39-36-13-18-10-22(34)29(23(35)11-18)46-14-17-5-7-20(32)21(33)9-17/h5-13,26,28,39-40H,4,14-15H2,1-3H3,(H2,37,38,42)/b36-13-/t26-,28+/m1/s1. The van der Waals surface area contributed by atoms with Crippen molar-refractivity contribution in [1.82, 2.24) is 16.1 Å². The predicted octanol–water partition coefficient (Wildman–Crippen LogP) is 6.40. The molecule has 15 heteroatoms. The second kappa shape index (κ2) is 16.1. The number of nitrogens with zero attached hydrogens (tertiary/aromatic N) is 1. The highest BCUT2D eigenvalue weighted by Gasteiger charge is 2.32. The van der Waals surface area contributed by atoms with E-state index in [1.807, 2.05) is 0 Å². The minimum atomic E-state index is -1.20.